The Labute approximate surface area is 237 Å². The maximum atomic E-state index is 10.6. The van der Waals surface area contributed by atoms with Crippen molar-refractivity contribution >= 4 is 0 Å². The lowest BCUT2D eigenvalue weighted by molar-refractivity contribution is -0.131. The normalized spacial score (nSPS) is 17.1. The average molecular weight is 529 g/mol. The third-order valence-corrected chi connectivity index (χ3v) is 8.78. The Morgan fingerprint density at radius 1 is 0.605 bits per heavy atom. The fourth-order valence-electron chi connectivity index (χ4n) is 6.19. The van der Waals surface area contributed by atoms with Crippen LogP contribution < -0.4 is 0 Å². The third kappa shape index (κ3) is 14.9. The lowest BCUT2D eigenvalue weighted by Crippen LogP contribution is -2.31. The van der Waals surface area contributed by atoms with Crippen molar-refractivity contribution in [1.29, 1.82) is 0 Å². The molecule has 0 amide bonds. The van der Waals surface area contributed by atoms with Crippen LogP contribution in [-0.4, -0.2) is 11.2 Å². The van der Waals surface area contributed by atoms with E-state index in [1.165, 1.54) is 160 Å². The molecule has 38 heavy (non-hydrogen) atoms. The molecular formula is C36H64O2. The van der Waals surface area contributed by atoms with Crippen LogP contribution in [-0.2, 0) is 11.2 Å². The van der Waals surface area contributed by atoms with Crippen LogP contribution in [0, 0.1) is 0 Å². The molecule has 220 valence electrons. The Hall–Kier alpha value is -1.02. The second kappa shape index (κ2) is 22.8. The summed E-state index contributed by atoms with van der Waals surface area (Å²) in [4.78, 5) is 0. The largest absolute Gasteiger partial charge is 0.508 e. The first kappa shape index (κ1) is 33.2. The molecule has 2 heteroatoms. The quantitative estimate of drug-likeness (QED) is 0.121. The highest BCUT2D eigenvalue weighted by molar-refractivity contribution is 5.41. The maximum Gasteiger partial charge on any atom is 0.119 e. The second-order valence-electron chi connectivity index (χ2n) is 12.3. The number of unbranched alkanes of at least 4 members (excludes halogenated alkanes) is 21. The van der Waals surface area contributed by atoms with Gasteiger partial charge in [-0.2, -0.15) is 0 Å². The van der Waals surface area contributed by atoms with Crippen molar-refractivity contribution in [2.45, 2.75) is 193 Å². The van der Waals surface area contributed by atoms with Gasteiger partial charge in [0.15, 0.2) is 0 Å². The molecule has 1 aliphatic heterocycles. The molecule has 2 rings (SSSR count). The predicted octanol–water partition coefficient (Wildman–Crippen LogP) is 12.2. The van der Waals surface area contributed by atoms with Gasteiger partial charge in [0.1, 0.15) is 5.75 Å². The molecule has 2 nitrogen and oxygen atoms in total. The summed E-state index contributed by atoms with van der Waals surface area (Å²) in [5.74, 6) is 0.475. The highest BCUT2D eigenvalue weighted by Crippen LogP contribution is 2.41. The third-order valence-electron chi connectivity index (χ3n) is 8.78. The fraction of sp³-hybridized carbons (Fsp3) is 0.833. The summed E-state index contributed by atoms with van der Waals surface area (Å²) in [5.41, 5.74) is 2.40. The monoisotopic (exact) mass is 528 g/mol. The number of hydrogen-bond acceptors (Lipinski definition) is 2. The van der Waals surface area contributed by atoms with Crippen molar-refractivity contribution < 1.29 is 9.84 Å². The zero-order valence-corrected chi connectivity index (χ0v) is 25.6. The molecule has 0 bridgehead atoms. The number of phenols is 1. The first-order valence-electron chi connectivity index (χ1n) is 17.2. The lowest BCUT2D eigenvalue weighted by Gasteiger charge is -2.37. The molecule has 2 unspecified atom stereocenters. The summed E-state index contributed by atoms with van der Waals surface area (Å²) in [6, 6.07) is 6.05. The molecular weight excluding hydrogens is 464 g/mol. The van der Waals surface area contributed by atoms with Crippen molar-refractivity contribution in [2.24, 2.45) is 0 Å². The summed E-state index contributed by atoms with van der Waals surface area (Å²) in [6.07, 6.45) is 35.8. The topological polar surface area (TPSA) is 29.5 Å². The van der Waals surface area contributed by atoms with Crippen molar-refractivity contribution in [2.75, 3.05) is 0 Å². The van der Waals surface area contributed by atoms with Crippen LogP contribution in [0.15, 0.2) is 18.2 Å². The van der Waals surface area contributed by atoms with E-state index in [2.05, 4.69) is 19.9 Å². The molecule has 0 saturated carbocycles. The smallest absolute Gasteiger partial charge is 0.119 e. The van der Waals surface area contributed by atoms with Gasteiger partial charge >= 0.3 is 0 Å². The molecule has 0 aromatic heterocycles. The van der Waals surface area contributed by atoms with E-state index in [0.717, 1.165) is 18.4 Å². The van der Waals surface area contributed by atoms with E-state index >= 15 is 0 Å². The first-order chi connectivity index (χ1) is 18.8. The van der Waals surface area contributed by atoms with Gasteiger partial charge in [-0.25, -0.2) is 0 Å². The van der Waals surface area contributed by atoms with Crippen LogP contribution in [0.2, 0.25) is 0 Å². The van der Waals surface area contributed by atoms with Crippen molar-refractivity contribution in [1.82, 2.24) is 0 Å². The zero-order valence-electron chi connectivity index (χ0n) is 25.6. The zero-order chi connectivity index (χ0) is 27.1. The molecule has 1 aromatic carbocycles. The summed E-state index contributed by atoms with van der Waals surface area (Å²) in [6.45, 7) is 4.58. The van der Waals surface area contributed by atoms with E-state index in [1.807, 2.05) is 12.1 Å². The summed E-state index contributed by atoms with van der Waals surface area (Å²) in [5, 5.41) is 10.6. The molecule has 1 aromatic rings. The van der Waals surface area contributed by atoms with E-state index in [-0.39, 0.29) is 6.10 Å². The Bertz CT molecular complexity index is 663. The van der Waals surface area contributed by atoms with Crippen LogP contribution in [0.25, 0.3) is 0 Å². The van der Waals surface area contributed by atoms with Crippen LogP contribution in [0.4, 0.5) is 0 Å². The van der Waals surface area contributed by atoms with E-state index in [0.29, 0.717) is 11.9 Å². The lowest BCUT2D eigenvalue weighted by atomic mass is 9.89. The fourth-order valence-corrected chi connectivity index (χ4v) is 6.19. The van der Waals surface area contributed by atoms with Crippen LogP contribution >= 0.6 is 0 Å². The highest BCUT2D eigenvalue weighted by atomic mass is 16.5. The highest BCUT2D eigenvalue weighted by Gasteiger charge is 2.32. The minimum absolute atomic E-state index is 0.201. The number of rotatable bonds is 26. The number of phenolic OH excluding ortho intramolecular Hbond substituents is 1. The molecule has 1 heterocycles. The molecule has 1 N–H and O–H groups in total. The van der Waals surface area contributed by atoms with Gasteiger partial charge in [0.05, 0.1) is 12.2 Å². The minimum Gasteiger partial charge on any atom is -0.508 e. The molecule has 1 fully saturated rings. The standard InChI is InChI=1S/C36H64O2/c1-3-5-7-9-11-13-15-16-17-19-21-23-25-28-33-34(29-26-30-35(33)37)36-31-32(38-36)27-24-22-20-18-14-12-10-8-6-4-2/h26,29-30,32,36-37H,3-25,27-28,31H2,1-2H3. The predicted molar refractivity (Wildman–Crippen MR) is 166 cm³/mol. The molecule has 0 radical (unpaired) electrons. The van der Waals surface area contributed by atoms with E-state index < -0.39 is 0 Å². The van der Waals surface area contributed by atoms with Gasteiger partial charge in [0, 0.05) is 6.42 Å². The van der Waals surface area contributed by atoms with E-state index in [9.17, 15) is 5.11 Å². The first-order valence-corrected chi connectivity index (χ1v) is 17.2. The Morgan fingerprint density at radius 3 is 1.50 bits per heavy atom. The summed E-state index contributed by atoms with van der Waals surface area (Å²) in [7, 11) is 0. The van der Waals surface area contributed by atoms with Crippen molar-refractivity contribution in [3.63, 3.8) is 0 Å². The minimum atomic E-state index is 0.201. The van der Waals surface area contributed by atoms with E-state index in [4.69, 9.17) is 4.74 Å². The van der Waals surface area contributed by atoms with Gasteiger partial charge in [-0.15, -0.1) is 0 Å². The summed E-state index contributed by atoms with van der Waals surface area (Å²) >= 11 is 0. The van der Waals surface area contributed by atoms with E-state index in [1.54, 1.807) is 0 Å². The summed E-state index contributed by atoms with van der Waals surface area (Å²) < 4.78 is 6.31. The van der Waals surface area contributed by atoms with Crippen LogP contribution in [0.3, 0.4) is 0 Å². The van der Waals surface area contributed by atoms with Crippen molar-refractivity contribution in [3.05, 3.63) is 29.3 Å². The van der Waals surface area contributed by atoms with Gasteiger partial charge in [-0.05, 0) is 36.5 Å². The number of hydrogen-bond donors (Lipinski definition) is 1. The number of benzene rings is 1. The Balaban J connectivity index is 1.49. The van der Waals surface area contributed by atoms with Gasteiger partial charge in [-0.3, -0.25) is 0 Å². The van der Waals surface area contributed by atoms with Gasteiger partial charge in [0.25, 0.3) is 0 Å². The van der Waals surface area contributed by atoms with Crippen LogP contribution in [0.1, 0.15) is 192 Å². The molecule has 1 saturated heterocycles. The average Bonchev–Trinajstić information content (AvgIpc) is 2.89. The maximum absolute atomic E-state index is 10.6. The molecule has 1 aliphatic rings. The number of aromatic hydroxyl groups is 1. The van der Waals surface area contributed by atoms with Gasteiger partial charge < -0.3 is 9.84 Å². The molecule has 2 atom stereocenters. The number of ether oxygens (including phenoxy) is 1. The Kier molecular flexibility index (Phi) is 19.9. The molecule has 0 aliphatic carbocycles. The van der Waals surface area contributed by atoms with Gasteiger partial charge in [0.2, 0.25) is 0 Å². The van der Waals surface area contributed by atoms with Crippen LogP contribution in [0.5, 0.6) is 5.75 Å². The Morgan fingerprint density at radius 2 is 1.03 bits per heavy atom. The van der Waals surface area contributed by atoms with Crippen molar-refractivity contribution in [3.8, 4) is 5.75 Å². The second-order valence-corrected chi connectivity index (χ2v) is 12.3. The SMILES string of the molecule is CCCCCCCCCCCCCCCc1c(O)cccc1C1CC(CCCCCCCCCCCC)O1. The molecule has 0 spiro atoms. The van der Waals surface area contributed by atoms with Gasteiger partial charge in [-0.1, -0.05) is 167 Å².